The lowest BCUT2D eigenvalue weighted by atomic mass is 10.0. The molecule has 0 spiro atoms. The van der Waals surface area contributed by atoms with Gasteiger partial charge in [-0.3, -0.25) is 4.90 Å². The number of nitrogens with zero attached hydrogens (tertiary/aromatic N) is 1. The second-order valence-electron chi connectivity index (χ2n) is 9.11. The lowest BCUT2D eigenvalue weighted by molar-refractivity contribution is -0.149. The van der Waals surface area contributed by atoms with Crippen LogP contribution in [0.3, 0.4) is 0 Å². The first-order valence-electron chi connectivity index (χ1n) is 12.9. The molecule has 1 atom stereocenters. The minimum Gasteiger partial charge on any atom is -0.467 e. The van der Waals surface area contributed by atoms with E-state index < -0.39 is 18.1 Å². The molecular weight excluding hydrogens is 490 g/mol. The summed E-state index contributed by atoms with van der Waals surface area (Å²) in [6.45, 7) is 0.261. The number of methoxy groups -OCH3 is 1. The number of aryl methyl sites for hydroxylation is 1. The SMILES string of the molecule is COC(=O)C(CCc1ccc(-c2ccccc2)cc1)N(COCc1ccccc1)C(=O)OCc1ccccc1. The standard InChI is InChI=1S/C33H33NO5/c1-37-32(35)31(22-19-26-17-20-30(21-18-26)29-15-9-4-10-16-29)34(25-38-23-27-11-5-2-6-12-27)33(36)39-24-28-13-7-3-8-14-28/h2-18,20-21,31H,19,22-25H2,1H3. The molecule has 0 saturated carbocycles. The molecule has 0 heterocycles. The molecule has 0 N–H and O–H groups in total. The van der Waals surface area contributed by atoms with Crippen LogP contribution in [0.1, 0.15) is 23.1 Å². The Labute approximate surface area is 229 Å². The fourth-order valence-corrected chi connectivity index (χ4v) is 4.24. The van der Waals surface area contributed by atoms with E-state index in [2.05, 4.69) is 24.3 Å². The molecule has 0 saturated heterocycles. The Morgan fingerprint density at radius 2 is 1.21 bits per heavy atom. The number of carbonyl (C=O) groups is 2. The van der Waals surface area contributed by atoms with Gasteiger partial charge in [0.1, 0.15) is 19.4 Å². The molecule has 0 aromatic heterocycles. The van der Waals surface area contributed by atoms with E-state index in [1.807, 2.05) is 91.0 Å². The van der Waals surface area contributed by atoms with Gasteiger partial charge < -0.3 is 14.2 Å². The lowest BCUT2D eigenvalue weighted by Gasteiger charge is -2.29. The summed E-state index contributed by atoms with van der Waals surface area (Å²) in [5, 5.41) is 0. The molecule has 4 aromatic rings. The van der Waals surface area contributed by atoms with Crippen LogP contribution in [-0.2, 0) is 38.6 Å². The van der Waals surface area contributed by atoms with Crippen molar-refractivity contribution in [1.29, 1.82) is 0 Å². The predicted octanol–water partition coefficient (Wildman–Crippen LogP) is 6.64. The average molecular weight is 524 g/mol. The Hall–Kier alpha value is -4.42. The highest BCUT2D eigenvalue weighted by molar-refractivity contribution is 5.81. The highest BCUT2D eigenvalue weighted by atomic mass is 16.6. The molecule has 0 radical (unpaired) electrons. The maximum atomic E-state index is 13.2. The monoisotopic (exact) mass is 523 g/mol. The van der Waals surface area contributed by atoms with Crippen LogP contribution in [0.15, 0.2) is 115 Å². The van der Waals surface area contributed by atoms with Crippen LogP contribution in [0.25, 0.3) is 11.1 Å². The third kappa shape index (κ3) is 8.28. The first-order chi connectivity index (χ1) is 19.1. The van der Waals surface area contributed by atoms with Crippen LogP contribution in [0.5, 0.6) is 0 Å². The van der Waals surface area contributed by atoms with Crippen LogP contribution in [-0.4, -0.2) is 36.8 Å². The van der Waals surface area contributed by atoms with Crippen LogP contribution in [0.2, 0.25) is 0 Å². The lowest BCUT2D eigenvalue weighted by Crippen LogP contribution is -2.47. The molecule has 1 unspecified atom stereocenters. The van der Waals surface area contributed by atoms with Gasteiger partial charge in [-0.15, -0.1) is 0 Å². The molecule has 200 valence electrons. The van der Waals surface area contributed by atoms with Crippen molar-refractivity contribution < 1.29 is 23.8 Å². The Kier molecular flexibility index (Phi) is 10.3. The summed E-state index contributed by atoms with van der Waals surface area (Å²) in [7, 11) is 1.32. The Bertz CT molecular complexity index is 1290. The maximum absolute atomic E-state index is 13.2. The van der Waals surface area contributed by atoms with Gasteiger partial charge in [-0.25, -0.2) is 9.59 Å². The number of esters is 1. The van der Waals surface area contributed by atoms with Gasteiger partial charge in [0.25, 0.3) is 0 Å². The molecule has 0 fully saturated rings. The number of hydrogen-bond donors (Lipinski definition) is 0. The smallest absolute Gasteiger partial charge is 0.412 e. The first-order valence-corrected chi connectivity index (χ1v) is 12.9. The van der Waals surface area contributed by atoms with Crippen molar-refractivity contribution in [3.05, 3.63) is 132 Å². The molecule has 0 aliphatic rings. The zero-order chi connectivity index (χ0) is 27.3. The third-order valence-corrected chi connectivity index (χ3v) is 6.40. The molecule has 6 nitrogen and oxygen atoms in total. The van der Waals surface area contributed by atoms with Crippen LogP contribution in [0.4, 0.5) is 4.79 Å². The van der Waals surface area contributed by atoms with Crippen molar-refractivity contribution in [3.63, 3.8) is 0 Å². The van der Waals surface area contributed by atoms with E-state index in [0.29, 0.717) is 12.8 Å². The van der Waals surface area contributed by atoms with Crippen molar-refractivity contribution in [2.45, 2.75) is 32.1 Å². The summed E-state index contributed by atoms with van der Waals surface area (Å²) >= 11 is 0. The third-order valence-electron chi connectivity index (χ3n) is 6.40. The number of amides is 1. The second-order valence-corrected chi connectivity index (χ2v) is 9.11. The number of ether oxygens (including phenoxy) is 3. The summed E-state index contributed by atoms with van der Waals surface area (Å²) in [6.07, 6.45) is 0.282. The number of hydrogen-bond acceptors (Lipinski definition) is 5. The van der Waals surface area contributed by atoms with Gasteiger partial charge in [-0.1, -0.05) is 115 Å². The fourth-order valence-electron chi connectivity index (χ4n) is 4.24. The first kappa shape index (κ1) is 27.6. The highest BCUT2D eigenvalue weighted by Gasteiger charge is 2.32. The van der Waals surface area contributed by atoms with Crippen molar-refractivity contribution in [2.24, 2.45) is 0 Å². The molecule has 6 heteroatoms. The van der Waals surface area contributed by atoms with E-state index >= 15 is 0 Å². The van der Waals surface area contributed by atoms with Crippen molar-refractivity contribution in [1.82, 2.24) is 4.90 Å². The number of benzene rings is 4. The molecule has 0 aliphatic carbocycles. The minimum absolute atomic E-state index is 0.0870. The van der Waals surface area contributed by atoms with E-state index in [1.54, 1.807) is 0 Å². The zero-order valence-corrected chi connectivity index (χ0v) is 22.1. The Morgan fingerprint density at radius 1 is 0.667 bits per heavy atom. The normalized spacial score (nSPS) is 11.4. The quantitative estimate of drug-likeness (QED) is 0.154. The number of carbonyl (C=O) groups excluding carboxylic acids is 2. The average Bonchev–Trinajstić information content (AvgIpc) is 3.00. The van der Waals surface area contributed by atoms with Crippen molar-refractivity contribution in [2.75, 3.05) is 13.8 Å². The molecule has 4 aromatic carbocycles. The fraction of sp³-hybridized carbons (Fsp3) is 0.212. The highest BCUT2D eigenvalue weighted by Crippen LogP contribution is 2.21. The number of rotatable bonds is 12. The second kappa shape index (κ2) is 14.5. The van der Waals surface area contributed by atoms with E-state index in [4.69, 9.17) is 14.2 Å². The van der Waals surface area contributed by atoms with Crippen molar-refractivity contribution in [3.8, 4) is 11.1 Å². The molecule has 0 bridgehead atoms. The van der Waals surface area contributed by atoms with Crippen LogP contribution >= 0.6 is 0 Å². The zero-order valence-electron chi connectivity index (χ0n) is 22.1. The van der Waals surface area contributed by atoms with E-state index in [0.717, 1.165) is 27.8 Å². The summed E-state index contributed by atoms with van der Waals surface area (Å²) < 4.78 is 16.5. The van der Waals surface area contributed by atoms with Gasteiger partial charge in [-0.2, -0.15) is 0 Å². The van der Waals surface area contributed by atoms with E-state index in [9.17, 15) is 9.59 Å². The summed E-state index contributed by atoms with van der Waals surface area (Å²) in [4.78, 5) is 27.5. The minimum atomic E-state index is -0.872. The largest absolute Gasteiger partial charge is 0.467 e. The molecule has 39 heavy (non-hydrogen) atoms. The van der Waals surface area contributed by atoms with Gasteiger partial charge in [0, 0.05) is 0 Å². The molecule has 4 rings (SSSR count). The topological polar surface area (TPSA) is 65.1 Å². The predicted molar refractivity (Wildman–Crippen MR) is 151 cm³/mol. The van der Waals surface area contributed by atoms with Crippen LogP contribution < -0.4 is 0 Å². The summed E-state index contributed by atoms with van der Waals surface area (Å²) in [5.41, 5.74) is 5.11. The van der Waals surface area contributed by atoms with Gasteiger partial charge in [0.05, 0.1) is 13.7 Å². The Balaban J connectivity index is 1.46. The molecular formula is C33H33NO5. The maximum Gasteiger partial charge on any atom is 0.412 e. The van der Waals surface area contributed by atoms with Crippen molar-refractivity contribution >= 4 is 12.1 Å². The Morgan fingerprint density at radius 3 is 1.79 bits per heavy atom. The van der Waals surface area contributed by atoms with Gasteiger partial charge in [-0.05, 0) is 40.7 Å². The van der Waals surface area contributed by atoms with Gasteiger partial charge >= 0.3 is 12.1 Å². The summed E-state index contributed by atoms with van der Waals surface area (Å²) in [6, 6.07) is 36.5. The molecule has 1 amide bonds. The van der Waals surface area contributed by atoms with E-state index in [-0.39, 0.29) is 19.9 Å². The molecule has 0 aliphatic heterocycles. The van der Waals surface area contributed by atoms with Gasteiger partial charge in [0.2, 0.25) is 0 Å². The summed E-state index contributed by atoms with van der Waals surface area (Å²) in [5.74, 6) is -0.518. The van der Waals surface area contributed by atoms with E-state index in [1.165, 1.54) is 12.0 Å². The van der Waals surface area contributed by atoms with Crippen LogP contribution in [0, 0.1) is 0 Å². The van der Waals surface area contributed by atoms with Gasteiger partial charge in [0.15, 0.2) is 0 Å².